The number of nitrogens with one attached hydrogen (secondary N) is 1. The summed E-state index contributed by atoms with van der Waals surface area (Å²) < 4.78 is 44.3. The van der Waals surface area contributed by atoms with Crippen molar-refractivity contribution in [1.82, 2.24) is 5.32 Å². The van der Waals surface area contributed by atoms with Crippen LogP contribution in [0.1, 0.15) is 11.1 Å². The summed E-state index contributed by atoms with van der Waals surface area (Å²) >= 11 is 0. The molecule has 186 valence electrons. The molecule has 0 saturated heterocycles. The zero-order valence-electron chi connectivity index (χ0n) is 20.3. The van der Waals surface area contributed by atoms with Crippen LogP contribution in [0.3, 0.4) is 0 Å². The lowest BCUT2D eigenvalue weighted by Crippen LogP contribution is -2.41. The highest BCUT2D eigenvalue weighted by molar-refractivity contribution is 7.92. The summed E-state index contributed by atoms with van der Waals surface area (Å²) in [5.74, 6) is 0.930. The fourth-order valence-electron chi connectivity index (χ4n) is 3.36. The molecule has 0 aromatic heterocycles. The Bertz CT molecular complexity index is 1260. The van der Waals surface area contributed by atoms with Crippen molar-refractivity contribution in [3.8, 4) is 17.2 Å². The van der Waals surface area contributed by atoms with Crippen molar-refractivity contribution in [3.05, 3.63) is 77.9 Å². The van der Waals surface area contributed by atoms with Gasteiger partial charge in [-0.25, -0.2) is 8.42 Å². The van der Waals surface area contributed by atoms with Gasteiger partial charge in [0.25, 0.3) is 10.0 Å². The molecular weight excluding hydrogens is 468 g/mol. The van der Waals surface area contributed by atoms with Gasteiger partial charge in [0.15, 0.2) is 11.5 Å². The molecule has 0 heterocycles. The fraction of sp³-hybridized carbons (Fsp3) is 0.269. The lowest BCUT2D eigenvalue weighted by atomic mass is 10.1. The number of ether oxygens (including phenoxy) is 3. The molecule has 0 aliphatic rings. The first kappa shape index (κ1) is 25.9. The van der Waals surface area contributed by atoms with Crippen LogP contribution in [0.4, 0.5) is 5.69 Å². The van der Waals surface area contributed by atoms with E-state index in [0.717, 1.165) is 9.87 Å². The highest BCUT2D eigenvalue weighted by atomic mass is 32.2. The standard InChI is InChI=1S/C26H30N2O6S/c1-19-10-11-22(16-20(19)2)34-15-14-27-26(29)18-28(21-8-6-5-7-9-21)35(30,31)23-12-13-24(32-3)25(17-23)33-4/h5-13,16-17H,14-15,18H2,1-4H3,(H,27,29). The average molecular weight is 499 g/mol. The van der Waals surface area contributed by atoms with E-state index in [1.807, 2.05) is 32.0 Å². The van der Waals surface area contributed by atoms with Crippen LogP contribution in [0.25, 0.3) is 0 Å². The molecule has 0 aliphatic heterocycles. The molecule has 1 N–H and O–H groups in total. The van der Waals surface area contributed by atoms with Gasteiger partial charge >= 0.3 is 0 Å². The summed E-state index contributed by atoms with van der Waals surface area (Å²) in [7, 11) is -1.19. The second-order valence-corrected chi connectivity index (χ2v) is 9.67. The third-order valence-corrected chi connectivity index (χ3v) is 7.22. The van der Waals surface area contributed by atoms with Gasteiger partial charge in [-0.05, 0) is 61.4 Å². The van der Waals surface area contributed by atoms with Gasteiger partial charge in [-0.3, -0.25) is 9.10 Å². The van der Waals surface area contributed by atoms with Gasteiger partial charge < -0.3 is 19.5 Å². The molecule has 1 amide bonds. The topological polar surface area (TPSA) is 94.2 Å². The third-order valence-electron chi connectivity index (χ3n) is 5.45. The van der Waals surface area contributed by atoms with Crippen molar-refractivity contribution in [2.45, 2.75) is 18.7 Å². The Kier molecular flexibility index (Phi) is 8.59. The monoisotopic (exact) mass is 498 g/mol. The Morgan fingerprint density at radius 1 is 0.886 bits per heavy atom. The Morgan fingerprint density at radius 2 is 1.60 bits per heavy atom. The van der Waals surface area contributed by atoms with E-state index < -0.39 is 22.5 Å². The summed E-state index contributed by atoms with van der Waals surface area (Å²) in [6.45, 7) is 4.10. The third kappa shape index (κ3) is 6.45. The lowest BCUT2D eigenvalue weighted by Gasteiger charge is -2.24. The summed E-state index contributed by atoms with van der Waals surface area (Å²) in [5.41, 5.74) is 2.65. The van der Waals surface area contributed by atoms with Crippen LogP contribution in [0.15, 0.2) is 71.6 Å². The molecule has 0 spiro atoms. The molecule has 3 rings (SSSR count). The van der Waals surface area contributed by atoms with Gasteiger partial charge in [0.2, 0.25) is 5.91 Å². The van der Waals surface area contributed by atoms with Crippen molar-refractivity contribution < 1.29 is 27.4 Å². The predicted molar refractivity (Wildman–Crippen MR) is 135 cm³/mol. The van der Waals surface area contributed by atoms with Crippen LogP contribution in [-0.2, 0) is 14.8 Å². The van der Waals surface area contributed by atoms with Crippen LogP contribution in [0.2, 0.25) is 0 Å². The van der Waals surface area contributed by atoms with Crippen LogP contribution in [-0.4, -0.2) is 48.2 Å². The summed E-state index contributed by atoms with van der Waals surface area (Å²) in [4.78, 5) is 12.7. The molecular formula is C26H30N2O6S. The molecule has 0 fully saturated rings. The van der Waals surface area contributed by atoms with Crippen molar-refractivity contribution in [2.24, 2.45) is 0 Å². The minimum Gasteiger partial charge on any atom is -0.493 e. The van der Waals surface area contributed by atoms with Gasteiger partial charge in [0, 0.05) is 6.07 Å². The normalized spacial score (nSPS) is 11.0. The molecule has 3 aromatic carbocycles. The van der Waals surface area contributed by atoms with Gasteiger partial charge in [-0.15, -0.1) is 0 Å². The van der Waals surface area contributed by atoms with Crippen molar-refractivity contribution >= 4 is 21.6 Å². The van der Waals surface area contributed by atoms with E-state index in [4.69, 9.17) is 14.2 Å². The van der Waals surface area contributed by atoms with Gasteiger partial charge in [0.1, 0.15) is 18.9 Å². The summed E-state index contributed by atoms with van der Waals surface area (Å²) in [6, 6.07) is 18.5. The number of methoxy groups -OCH3 is 2. The SMILES string of the molecule is COc1ccc(S(=O)(=O)N(CC(=O)NCCOc2ccc(C)c(C)c2)c2ccccc2)cc1OC. The summed E-state index contributed by atoms with van der Waals surface area (Å²) in [5, 5.41) is 2.73. The number of amides is 1. The van der Waals surface area contributed by atoms with Crippen molar-refractivity contribution in [2.75, 3.05) is 38.2 Å². The maximum Gasteiger partial charge on any atom is 0.264 e. The molecule has 0 unspecified atom stereocenters. The predicted octanol–water partition coefficient (Wildman–Crippen LogP) is 3.71. The molecule has 0 bridgehead atoms. The highest BCUT2D eigenvalue weighted by Crippen LogP contribution is 2.32. The number of para-hydroxylation sites is 1. The number of sulfonamides is 1. The van der Waals surface area contributed by atoms with E-state index in [1.54, 1.807) is 30.3 Å². The van der Waals surface area contributed by atoms with Crippen molar-refractivity contribution in [3.63, 3.8) is 0 Å². The van der Waals surface area contributed by atoms with E-state index >= 15 is 0 Å². The van der Waals surface area contributed by atoms with Crippen molar-refractivity contribution in [1.29, 1.82) is 0 Å². The number of anilines is 1. The average Bonchev–Trinajstić information content (AvgIpc) is 2.87. The number of hydrogen-bond acceptors (Lipinski definition) is 6. The Morgan fingerprint density at radius 3 is 2.26 bits per heavy atom. The number of aryl methyl sites for hydroxylation is 2. The number of nitrogens with zero attached hydrogens (tertiary/aromatic N) is 1. The van der Waals surface area contributed by atoms with Crippen LogP contribution >= 0.6 is 0 Å². The number of carbonyl (C=O) groups excluding carboxylic acids is 1. The molecule has 9 heteroatoms. The Labute approximate surface area is 206 Å². The number of benzene rings is 3. The van der Waals surface area contributed by atoms with Crippen LogP contribution in [0.5, 0.6) is 17.2 Å². The zero-order valence-corrected chi connectivity index (χ0v) is 21.1. The van der Waals surface area contributed by atoms with E-state index in [-0.39, 0.29) is 23.8 Å². The highest BCUT2D eigenvalue weighted by Gasteiger charge is 2.28. The maximum absolute atomic E-state index is 13.5. The Hall–Kier alpha value is -3.72. The first-order chi connectivity index (χ1) is 16.8. The number of carbonyl (C=O) groups is 1. The fourth-order valence-corrected chi connectivity index (χ4v) is 4.80. The zero-order chi connectivity index (χ0) is 25.4. The lowest BCUT2D eigenvalue weighted by molar-refractivity contribution is -0.119. The minimum absolute atomic E-state index is 0.0233. The van der Waals surface area contributed by atoms with E-state index in [0.29, 0.717) is 17.2 Å². The molecule has 0 atom stereocenters. The molecule has 8 nitrogen and oxygen atoms in total. The number of rotatable bonds is 11. The Balaban J connectivity index is 1.73. The van der Waals surface area contributed by atoms with E-state index in [1.165, 1.54) is 38.0 Å². The smallest absolute Gasteiger partial charge is 0.264 e. The number of hydrogen-bond donors (Lipinski definition) is 1. The molecule has 35 heavy (non-hydrogen) atoms. The van der Waals surface area contributed by atoms with E-state index in [9.17, 15) is 13.2 Å². The van der Waals surface area contributed by atoms with Gasteiger partial charge in [0.05, 0.1) is 31.3 Å². The molecule has 0 aliphatic carbocycles. The first-order valence-corrected chi connectivity index (χ1v) is 12.5. The summed E-state index contributed by atoms with van der Waals surface area (Å²) in [6.07, 6.45) is 0. The van der Waals surface area contributed by atoms with Crippen LogP contribution < -0.4 is 23.8 Å². The minimum atomic E-state index is -4.08. The molecule has 3 aromatic rings. The van der Waals surface area contributed by atoms with Gasteiger partial charge in [-0.1, -0.05) is 24.3 Å². The largest absolute Gasteiger partial charge is 0.493 e. The van der Waals surface area contributed by atoms with Gasteiger partial charge in [-0.2, -0.15) is 0 Å². The molecule has 0 radical (unpaired) electrons. The molecule has 0 saturated carbocycles. The van der Waals surface area contributed by atoms with Crippen LogP contribution in [0, 0.1) is 13.8 Å². The quantitative estimate of drug-likeness (QED) is 0.405. The second kappa shape index (κ2) is 11.6. The van der Waals surface area contributed by atoms with E-state index in [2.05, 4.69) is 5.32 Å². The maximum atomic E-state index is 13.5. The first-order valence-electron chi connectivity index (χ1n) is 11.0. The second-order valence-electron chi connectivity index (χ2n) is 7.81.